The number of carbonyl (C=O) groups is 1. The number of hydrogen-bond donors (Lipinski definition) is 2. The number of ketones is 1. The molecule has 2 aromatic rings. The zero-order valence-electron chi connectivity index (χ0n) is 16.3. The van der Waals surface area contributed by atoms with Gasteiger partial charge in [-0.15, -0.1) is 11.8 Å². The number of thioether (sulfide) groups is 1. The molecule has 0 amide bonds. The van der Waals surface area contributed by atoms with Crippen LogP contribution < -0.4 is 0 Å². The number of rotatable bonds is 4. The van der Waals surface area contributed by atoms with Crippen LogP contribution in [0, 0.1) is 0 Å². The molecule has 2 rings (SSSR count). The van der Waals surface area contributed by atoms with Gasteiger partial charge in [0.2, 0.25) is 0 Å². The Balaban J connectivity index is 2.58. The summed E-state index contributed by atoms with van der Waals surface area (Å²) in [4.78, 5) is 16.2. The van der Waals surface area contributed by atoms with E-state index in [1.165, 1.54) is 0 Å². The largest absolute Gasteiger partial charge is 0.507 e. The predicted octanol–water partition coefficient (Wildman–Crippen LogP) is 5.66. The number of phenolic OH excluding ortho intramolecular Hbond substituents is 1. The summed E-state index contributed by atoms with van der Waals surface area (Å²) in [5, 5.41) is 11.8. The Bertz CT molecular complexity index is 741. The summed E-state index contributed by atoms with van der Waals surface area (Å²) in [5.74, 6) is 1.23. The van der Waals surface area contributed by atoms with Gasteiger partial charge in [-0.05, 0) is 34.8 Å². The molecule has 2 N–H and O–H groups in total. The molecule has 25 heavy (non-hydrogen) atoms. The number of nitrogens with one attached hydrogen (secondary N) is 1. The molecular formula is C21H29NO2S. The summed E-state index contributed by atoms with van der Waals surface area (Å²) in [7, 11) is 0. The quantitative estimate of drug-likeness (QED) is 0.547. The molecule has 0 unspecified atom stereocenters. The van der Waals surface area contributed by atoms with Gasteiger partial charge in [0, 0.05) is 28.5 Å². The minimum Gasteiger partial charge on any atom is -0.507 e. The normalized spacial score (nSPS) is 12.4. The fourth-order valence-electron chi connectivity index (χ4n) is 2.82. The van der Waals surface area contributed by atoms with Crippen LogP contribution in [-0.2, 0) is 10.8 Å². The van der Waals surface area contributed by atoms with Crippen LogP contribution in [0.1, 0.15) is 75.5 Å². The first-order valence-corrected chi connectivity index (χ1v) is 9.67. The highest BCUT2D eigenvalue weighted by Gasteiger charge is 2.28. The molecule has 0 radical (unpaired) electrons. The maximum atomic E-state index is 13.0. The zero-order valence-corrected chi connectivity index (χ0v) is 17.1. The second-order valence-electron chi connectivity index (χ2n) is 8.43. The van der Waals surface area contributed by atoms with Crippen molar-refractivity contribution in [1.29, 1.82) is 0 Å². The first-order valence-electron chi connectivity index (χ1n) is 8.69. The van der Waals surface area contributed by atoms with E-state index in [0.717, 1.165) is 21.9 Å². The maximum Gasteiger partial charge on any atom is 0.194 e. The molecule has 1 heterocycles. The van der Waals surface area contributed by atoms with Crippen molar-refractivity contribution in [1.82, 2.24) is 4.98 Å². The van der Waals surface area contributed by atoms with Crippen LogP contribution in [0.5, 0.6) is 5.75 Å². The highest BCUT2D eigenvalue weighted by molar-refractivity contribution is 7.99. The van der Waals surface area contributed by atoms with Gasteiger partial charge in [-0.25, -0.2) is 0 Å². The number of aromatic amines is 1. The van der Waals surface area contributed by atoms with E-state index < -0.39 is 0 Å². The molecule has 0 saturated carbocycles. The van der Waals surface area contributed by atoms with Crippen LogP contribution >= 0.6 is 11.8 Å². The second kappa shape index (κ2) is 6.91. The number of aromatic nitrogens is 1. The minimum atomic E-state index is -0.248. The van der Waals surface area contributed by atoms with Crippen molar-refractivity contribution in [2.45, 2.75) is 64.3 Å². The molecule has 1 aromatic carbocycles. The summed E-state index contributed by atoms with van der Waals surface area (Å²) in [6, 6.07) is 5.58. The van der Waals surface area contributed by atoms with Gasteiger partial charge in [0.15, 0.2) is 5.78 Å². The van der Waals surface area contributed by atoms with Gasteiger partial charge in [-0.3, -0.25) is 4.79 Å². The first kappa shape index (κ1) is 19.6. The molecule has 0 spiro atoms. The highest BCUT2D eigenvalue weighted by atomic mass is 32.2. The third kappa shape index (κ3) is 4.30. The van der Waals surface area contributed by atoms with E-state index in [9.17, 15) is 9.90 Å². The summed E-state index contributed by atoms with van der Waals surface area (Å²) in [5.41, 5.74) is 2.40. The van der Waals surface area contributed by atoms with Gasteiger partial charge >= 0.3 is 0 Å². The van der Waals surface area contributed by atoms with Gasteiger partial charge in [-0.2, -0.15) is 0 Å². The van der Waals surface area contributed by atoms with Crippen LogP contribution in [0.15, 0.2) is 29.4 Å². The molecule has 136 valence electrons. The van der Waals surface area contributed by atoms with Crippen LogP contribution in [0.4, 0.5) is 0 Å². The lowest BCUT2D eigenvalue weighted by molar-refractivity contribution is 0.103. The first-order chi connectivity index (χ1) is 11.4. The molecule has 0 saturated heterocycles. The summed E-state index contributed by atoms with van der Waals surface area (Å²) in [6.07, 6.45) is 1.76. The van der Waals surface area contributed by atoms with Crippen molar-refractivity contribution < 1.29 is 9.90 Å². The van der Waals surface area contributed by atoms with Gasteiger partial charge in [0.1, 0.15) is 5.75 Å². The highest BCUT2D eigenvalue weighted by Crippen LogP contribution is 2.40. The van der Waals surface area contributed by atoms with E-state index in [2.05, 4.69) is 53.5 Å². The molecule has 4 heteroatoms. The van der Waals surface area contributed by atoms with E-state index in [1.807, 2.05) is 18.2 Å². The van der Waals surface area contributed by atoms with Crippen LogP contribution in [0.2, 0.25) is 0 Å². The third-order valence-electron chi connectivity index (χ3n) is 4.21. The van der Waals surface area contributed by atoms with Crippen LogP contribution in [0.3, 0.4) is 0 Å². The molecule has 0 aliphatic heterocycles. The minimum absolute atomic E-state index is 0.0183. The number of phenols is 1. The molecule has 0 aliphatic carbocycles. The van der Waals surface area contributed by atoms with Gasteiger partial charge < -0.3 is 10.1 Å². The van der Waals surface area contributed by atoms with Crippen molar-refractivity contribution in [2.75, 3.05) is 5.75 Å². The molecule has 1 aromatic heterocycles. The SMILES string of the molecule is CCSc1cc(C(=O)c2cc(C(C)(C)C)c(O)c(C(C)(C)C)c2)c[nH]1. The fraction of sp³-hybridized carbons (Fsp3) is 0.476. The lowest BCUT2D eigenvalue weighted by atomic mass is 9.78. The topological polar surface area (TPSA) is 53.1 Å². The molecule has 0 atom stereocenters. The van der Waals surface area contributed by atoms with E-state index in [0.29, 0.717) is 16.9 Å². The van der Waals surface area contributed by atoms with Crippen molar-refractivity contribution in [3.05, 3.63) is 46.6 Å². The van der Waals surface area contributed by atoms with E-state index >= 15 is 0 Å². The summed E-state index contributed by atoms with van der Waals surface area (Å²) >= 11 is 1.68. The van der Waals surface area contributed by atoms with Gasteiger partial charge in [-0.1, -0.05) is 48.5 Å². The summed E-state index contributed by atoms with van der Waals surface area (Å²) < 4.78 is 0. The number of carbonyl (C=O) groups excluding carboxylic acids is 1. The standard InChI is InChI=1S/C21H29NO2S/c1-8-25-17-11-14(12-22-17)18(23)13-9-15(20(2,3)4)19(24)16(10-13)21(5,6)7/h9-12,22,24H,8H2,1-7H3. The molecule has 3 nitrogen and oxygen atoms in total. The third-order valence-corrected chi connectivity index (χ3v) is 5.04. The number of hydrogen-bond acceptors (Lipinski definition) is 3. The van der Waals surface area contributed by atoms with Crippen molar-refractivity contribution in [3.8, 4) is 5.75 Å². The summed E-state index contributed by atoms with van der Waals surface area (Å²) in [6.45, 7) is 14.4. The van der Waals surface area contributed by atoms with E-state index in [-0.39, 0.29) is 16.6 Å². The average molecular weight is 360 g/mol. The smallest absolute Gasteiger partial charge is 0.194 e. The maximum absolute atomic E-state index is 13.0. The van der Waals surface area contributed by atoms with Crippen molar-refractivity contribution in [3.63, 3.8) is 0 Å². The van der Waals surface area contributed by atoms with E-state index in [4.69, 9.17) is 0 Å². The Morgan fingerprint density at radius 1 is 1.00 bits per heavy atom. The Hall–Kier alpha value is -1.68. The van der Waals surface area contributed by atoms with Gasteiger partial charge in [0.25, 0.3) is 0 Å². The van der Waals surface area contributed by atoms with Crippen molar-refractivity contribution in [2.24, 2.45) is 0 Å². The van der Waals surface area contributed by atoms with Crippen molar-refractivity contribution >= 4 is 17.5 Å². The number of H-pyrrole nitrogens is 1. The zero-order chi connectivity index (χ0) is 19.0. The van der Waals surface area contributed by atoms with Crippen LogP contribution in [0.25, 0.3) is 0 Å². The monoisotopic (exact) mass is 359 g/mol. The predicted molar refractivity (Wildman–Crippen MR) is 106 cm³/mol. The number of benzene rings is 1. The Morgan fingerprint density at radius 3 is 1.96 bits per heavy atom. The molecular weight excluding hydrogens is 330 g/mol. The number of aromatic hydroxyl groups is 1. The Morgan fingerprint density at radius 2 is 1.52 bits per heavy atom. The van der Waals surface area contributed by atoms with E-state index in [1.54, 1.807) is 18.0 Å². The lowest BCUT2D eigenvalue weighted by Crippen LogP contribution is -2.19. The lowest BCUT2D eigenvalue weighted by Gasteiger charge is -2.28. The second-order valence-corrected chi connectivity index (χ2v) is 9.74. The Kier molecular flexibility index (Phi) is 5.43. The molecule has 0 aliphatic rings. The Labute approximate surface area is 155 Å². The average Bonchev–Trinajstić information content (AvgIpc) is 2.93. The van der Waals surface area contributed by atoms with Crippen LogP contribution in [-0.4, -0.2) is 21.6 Å². The fourth-order valence-corrected chi connectivity index (χ4v) is 3.48. The van der Waals surface area contributed by atoms with Gasteiger partial charge in [0.05, 0.1) is 5.03 Å². The molecule has 0 bridgehead atoms. The molecule has 0 fully saturated rings.